The Morgan fingerprint density at radius 1 is 1.00 bits per heavy atom. The highest BCUT2D eigenvalue weighted by Gasteiger charge is 2.47. The number of rotatable bonds is 8. The van der Waals surface area contributed by atoms with Gasteiger partial charge in [0.05, 0.1) is 0 Å². The lowest BCUT2D eigenvalue weighted by atomic mass is 9.60. The SMILES string of the molecule is CC1(C)CC(C)(NC(=O)C(CCC(=O)O)NC(=O)OCC2c3ccccc3-c3ccccc32)C1. The van der Waals surface area contributed by atoms with Crippen molar-refractivity contribution < 1.29 is 24.2 Å². The summed E-state index contributed by atoms with van der Waals surface area (Å²) in [6.45, 7) is 6.37. The highest BCUT2D eigenvalue weighted by Crippen LogP contribution is 2.47. The van der Waals surface area contributed by atoms with E-state index in [1.54, 1.807) is 0 Å². The van der Waals surface area contributed by atoms with E-state index >= 15 is 0 Å². The molecule has 3 N–H and O–H groups in total. The van der Waals surface area contributed by atoms with Crippen molar-refractivity contribution in [3.8, 4) is 11.1 Å². The van der Waals surface area contributed by atoms with Crippen LogP contribution in [0.5, 0.6) is 0 Å². The first-order valence-electron chi connectivity index (χ1n) is 11.7. The van der Waals surface area contributed by atoms with Crippen molar-refractivity contribution in [2.24, 2.45) is 5.41 Å². The van der Waals surface area contributed by atoms with Crippen LogP contribution in [0, 0.1) is 5.41 Å². The molecule has 1 unspecified atom stereocenters. The summed E-state index contributed by atoms with van der Waals surface area (Å²) in [7, 11) is 0. The van der Waals surface area contributed by atoms with Crippen LogP contribution in [0.2, 0.25) is 0 Å². The van der Waals surface area contributed by atoms with Crippen LogP contribution in [0.3, 0.4) is 0 Å². The lowest BCUT2D eigenvalue weighted by Crippen LogP contribution is -2.61. The zero-order valence-corrected chi connectivity index (χ0v) is 19.9. The zero-order chi connectivity index (χ0) is 24.5. The summed E-state index contributed by atoms with van der Waals surface area (Å²) in [4.78, 5) is 36.7. The molecule has 180 valence electrons. The van der Waals surface area contributed by atoms with Crippen LogP contribution in [0.25, 0.3) is 11.1 Å². The molecule has 2 amide bonds. The van der Waals surface area contributed by atoms with Crippen molar-refractivity contribution in [2.45, 2.75) is 64.0 Å². The van der Waals surface area contributed by atoms with Gasteiger partial charge in [0.15, 0.2) is 0 Å². The second-order valence-electron chi connectivity index (χ2n) is 10.5. The number of carbonyl (C=O) groups is 3. The van der Waals surface area contributed by atoms with Crippen molar-refractivity contribution in [3.05, 3.63) is 59.7 Å². The Balaban J connectivity index is 1.40. The van der Waals surface area contributed by atoms with E-state index in [-0.39, 0.29) is 42.2 Å². The van der Waals surface area contributed by atoms with E-state index in [0.717, 1.165) is 35.1 Å². The van der Waals surface area contributed by atoms with Gasteiger partial charge < -0.3 is 20.5 Å². The maximum Gasteiger partial charge on any atom is 0.407 e. The molecular weight excluding hydrogens is 432 g/mol. The van der Waals surface area contributed by atoms with Crippen LogP contribution < -0.4 is 10.6 Å². The Bertz CT molecular complexity index is 1060. The lowest BCUT2D eigenvalue weighted by Gasteiger charge is -2.52. The number of carbonyl (C=O) groups excluding carboxylic acids is 2. The average molecular weight is 465 g/mol. The first kappa shape index (κ1) is 23.8. The summed E-state index contributed by atoms with van der Waals surface area (Å²) < 4.78 is 5.55. The molecule has 34 heavy (non-hydrogen) atoms. The predicted molar refractivity (Wildman–Crippen MR) is 128 cm³/mol. The van der Waals surface area contributed by atoms with Gasteiger partial charge in [-0.1, -0.05) is 62.4 Å². The van der Waals surface area contributed by atoms with Gasteiger partial charge in [0.2, 0.25) is 5.91 Å². The Kier molecular flexibility index (Phi) is 6.39. The summed E-state index contributed by atoms with van der Waals surface area (Å²) in [5.74, 6) is -1.50. The number of amides is 2. The minimum absolute atomic E-state index is 0.00909. The van der Waals surface area contributed by atoms with Crippen LogP contribution in [0.15, 0.2) is 48.5 Å². The molecule has 0 aliphatic heterocycles. The van der Waals surface area contributed by atoms with Gasteiger partial charge >= 0.3 is 12.1 Å². The summed E-state index contributed by atoms with van der Waals surface area (Å²) in [5, 5.41) is 14.7. The molecule has 1 atom stereocenters. The largest absolute Gasteiger partial charge is 0.481 e. The molecule has 2 aliphatic carbocycles. The number of carboxylic acid groups (broad SMARTS) is 1. The quantitative estimate of drug-likeness (QED) is 0.535. The fourth-order valence-electron chi connectivity index (χ4n) is 5.85. The number of alkyl carbamates (subject to hydrolysis) is 1. The molecule has 7 heteroatoms. The number of fused-ring (bicyclic) bond motifs is 3. The van der Waals surface area contributed by atoms with Gasteiger partial charge in [-0.25, -0.2) is 4.79 Å². The van der Waals surface area contributed by atoms with Gasteiger partial charge in [0.1, 0.15) is 12.6 Å². The van der Waals surface area contributed by atoms with Gasteiger partial charge in [-0.15, -0.1) is 0 Å². The number of hydrogen-bond donors (Lipinski definition) is 3. The highest BCUT2D eigenvalue weighted by molar-refractivity contribution is 5.87. The molecule has 0 bridgehead atoms. The summed E-state index contributed by atoms with van der Waals surface area (Å²) in [6.07, 6.45) is 0.672. The Hall–Kier alpha value is -3.35. The van der Waals surface area contributed by atoms with Gasteiger partial charge in [0.25, 0.3) is 0 Å². The summed E-state index contributed by atoms with van der Waals surface area (Å²) in [5.41, 5.74) is 4.24. The van der Waals surface area contributed by atoms with E-state index in [0.29, 0.717) is 0 Å². The molecule has 0 radical (unpaired) electrons. The third kappa shape index (κ3) is 5.08. The van der Waals surface area contributed by atoms with Crippen molar-refractivity contribution in [3.63, 3.8) is 0 Å². The molecule has 1 fully saturated rings. The zero-order valence-electron chi connectivity index (χ0n) is 19.9. The average Bonchev–Trinajstić information content (AvgIpc) is 3.07. The molecule has 2 aliphatic rings. The van der Waals surface area contributed by atoms with E-state index in [2.05, 4.69) is 36.6 Å². The van der Waals surface area contributed by atoms with Crippen molar-refractivity contribution >= 4 is 18.0 Å². The second-order valence-corrected chi connectivity index (χ2v) is 10.5. The van der Waals surface area contributed by atoms with Gasteiger partial charge in [-0.05, 0) is 53.9 Å². The molecule has 2 aromatic rings. The number of benzene rings is 2. The van der Waals surface area contributed by atoms with E-state index in [1.807, 2.05) is 43.3 Å². The number of ether oxygens (including phenoxy) is 1. The van der Waals surface area contributed by atoms with E-state index < -0.39 is 18.1 Å². The van der Waals surface area contributed by atoms with Crippen LogP contribution in [0.1, 0.15) is 63.5 Å². The van der Waals surface area contributed by atoms with Gasteiger partial charge in [0, 0.05) is 17.9 Å². The van der Waals surface area contributed by atoms with Crippen molar-refractivity contribution in [1.29, 1.82) is 0 Å². The van der Waals surface area contributed by atoms with Crippen LogP contribution in [0.4, 0.5) is 4.79 Å². The Morgan fingerprint density at radius 3 is 2.09 bits per heavy atom. The monoisotopic (exact) mass is 464 g/mol. The fourth-order valence-corrected chi connectivity index (χ4v) is 5.85. The number of aliphatic carboxylic acids is 1. The minimum Gasteiger partial charge on any atom is -0.481 e. The van der Waals surface area contributed by atoms with E-state index in [1.165, 1.54) is 0 Å². The molecule has 2 aromatic carbocycles. The molecule has 1 saturated carbocycles. The Labute approximate surface area is 199 Å². The fraction of sp³-hybridized carbons (Fsp3) is 0.444. The van der Waals surface area contributed by atoms with E-state index in [9.17, 15) is 14.4 Å². The molecule has 0 spiro atoms. The molecule has 0 heterocycles. The first-order chi connectivity index (χ1) is 16.1. The minimum atomic E-state index is -1.02. The smallest absolute Gasteiger partial charge is 0.407 e. The maximum absolute atomic E-state index is 12.9. The van der Waals surface area contributed by atoms with Gasteiger partial charge in [-0.2, -0.15) is 0 Å². The molecule has 7 nitrogen and oxygen atoms in total. The molecular formula is C27H32N2O5. The number of nitrogens with one attached hydrogen (secondary N) is 2. The Morgan fingerprint density at radius 2 is 1.56 bits per heavy atom. The van der Waals surface area contributed by atoms with Crippen molar-refractivity contribution in [2.75, 3.05) is 6.61 Å². The normalized spacial score (nSPS) is 18.1. The third-order valence-electron chi connectivity index (χ3n) is 6.76. The maximum atomic E-state index is 12.9. The number of hydrogen-bond acceptors (Lipinski definition) is 4. The van der Waals surface area contributed by atoms with Crippen LogP contribution >= 0.6 is 0 Å². The number of carboxylic acids is 1. The highest BCUT2D eigenvalue weighted by atomic mass is 16.5. The van der Waals surface area contributed by atoms with Crippen molar-refractivity contribution in [1.82, 2.24) is 10.6 Å². The standard InChI is InChI=1S/C27H32N2O5/c1-26(2)15-27(3,16-26)29-24(32)22(12-13-23(30)31)28-25(33)34-14-21-19-10-6-4-8-17(19)18-9-5-7-11-20(18)21/h4-11,21-22H,12-16H2,1-3H3,(H,28,33)(H,29,32)(H,30,31). The first-order valence-corrected chi connectivity index (χ1v) is 11.7. The van der Waals surface area contributed by atoms with Gasteiger partial charge in [-0.3, -0.25) is 9.59 Å². The molecule has 0 aromatic heterocycles. The summed E-state index contributed by atoms with van der Waals surface area (Å²) in [6, 6.07) is 15.1. The second kappa shape index (κ2) is 9.12. The van der Waals surface area contributed by atoms with Crippen LogP contribution in [-0.4, -0.2) is 41.3 Å². The third-order valence-corrected chi connectivity index (χ3v) is 6.76. The van der Waals surface area contributed by atoms with E-state index in [4.69, 9.17) is 9.84 Å². The van der Waals surface area contributed by atoms with Crippen LogP contribution in [-0.2, 0) is 14.3 Å². The lowest BCUT2D eigenvalue weighted by molar-refractivity contribution is -0.137. The summed E-state index contributed by atoms with van der Waals surface area (Å²) >= 11 is 0. The molecule has 0 saturated heterocycles. The topological polar surface area (TPSA) is 105 Å². The molecule has 4 rings (SSSR count). The predicted octanol–water partition coefficient (Wildman–Crippen LogP) is 4.45.